The maximum Gasteiger partial charge on any atom is 0.288 e. The Labute approximate surface area is 166 Å². The van der Waals surface area contributed by atoms with Crippen LogP contribution in [0.25, 0.3) is 6.08 Å². The van der Waals surface area contributed by atoms with E-state index in [1.165, 1.54) is 12.3 Å². The van der Waals surface area contributed by atoms with Gasteiger partial charge in [-0.2, -0.15) is 0 Å². The van der Waals surface area contributed by atoms with E-state index >= 15 is 0 Å². The molecule has 0 aliphatic carbocycles. The molecule has 0 aliphatic heterocycles. The van der Waals surface area contributed by atoms with E-state index in [0.29, 0.717) is 6.61 Å². The van der Waals surface area contributed by atoms with Crippen LogP contribution in [-0.4, -0.2) is 21.8 Å². The van der Waals surface area contributed by atoms with E-state index in [-0.39, 0.29) is 5.69 Å². The van der Waals surface area contributed by atoms with Gasteiger partial charge in [0.05, 0.1) is 10.7 Å². The molecule has 0 unspecified atom stereocenters. The molecule has 0 radical (unpaired) electrons. The van der Waals surface area contributed by atoms with Gasteiger partial charge in [0.1, 0.15) is 18.1 Å². The number of pyridine rings is 1. The fourth-order valence-electron chi connectivity index (χ4n) is 2.20. The number of aryl methyl sites for hydroxylation is 1. The van der Waals surface area contributed by atoms with Gasteiger partial charge in [-0.1, -0.05) is 18.2 Å². The monoisotopic (exact) mass is 394 g/mol. The lowest BCUT2D eigenvalue weighted by Crippen LogP contribution is -2.41. The molecule has 0 atom stereocenters. The second-order valence-electron chi connectivity index (χ2n) is 5.71. The summed E-state index contributed by atoms with van der Waals surface area (Å²) in [5.41, 5.74) is 6.55. The van der Waals surface area contributed by atoms with Crippen molar-refractivity contribution >= 4 is 29.2 Å². The van der Waals surface area contributed by atoms with Crippen LogP contribution >= 0.6 is 11.3 Å². The van der Waals surface area contributed by atoms with E-state index in [0.717, 1.165) is 22.0 Å². The molecule has 2 N–H and O–H groups in total. The zero-order chi connectivity index (χ0) is 19.8. The summed E-state index contributed by atoms with van der Waals surface area (Å²) in [5, 5.41) is 2.98. The van der Waals surface area contributed by atoms with E-state index < -0.39 is 11.8 Å². The Hall–Kier alpha value is -3.52. The third-order valence-corrected chi connectivity index (χ3v) is 4.38. The number of hydrogen-bond donors (Lipinski definition) is 2. The molecule has 142 valence electrons. The number of benzene rings is 1. The van der Waals surface area contributed by atoms with Gasteiger partial charge in [-0.05, 0) is 42.8 Å². The molecule has 0 saturated heterocycles. The Balaban J connectivity index is 1.45. The summed E-state index contributed by atoms with van der Waals surface area (Å²) in [6.45, 7) is 2.37. The molecule has 1 aromatic carbocycles. The van der Waals surface area contributed by atoms with Crippen molar-refractivity contribution in [2.24, 2.45) is 0 Å². The van der Waals surface area contributed by atoms with Gasteiger partial charge in [-0.3, -0.25) is 25.4 Å². The maximum absolute atomic E-state index is 11.8. The number of rotatable bonds is 6. The molecule has 0 spiro atoms. The third kappa shape index (κ3) is 5.75. The van der Waals surface area contributed by atoms with Gasteiger partial charge in [-0.25, -0.2) is 4.98 Å². The van der Waals surface area contributed by atoms with Crippen molar-refractivity contribution in [3.8, 4) is 5.75 Å². The van der Waals surface area contributed by atoms with E-state index in [4.69, 9.17) is 4.74 Å². The van der Waals surface area contributed by atoms with Gasteiger partial charge in [0.25, 0.3) is 11.8 Å². The van der Waals surface area contributed by atoms with E-state index in [2.05, 4.69) is 20.8 Å². The van der Waals surface area contributed by atoms with Crippen molar-refractivity contribution in [2.45, 2.75) is 13.5 Å². The van der Waals surface area contributed by atoms with E-state index in [1.807, 2.05) is 36.6 Å². The quantitative estimate of drug-likeness (QED) is 0.495. The van der Waals surface area contributed by atoms with Crippen molar-refractivity contribution in [1.29, 1.82) is 0 Å². The number of hydrazine groups is 1. The lowest BCUT2D eigenvalue weighted by molar-refractivity contribution is -0.117. The van der Waals surface area contributed by atoms with Gasteiger partial charge in [-0.15, -0.1) is 11.3 Å². The molecule has 3 aromatic rings. The van der Waals surface area contributed by atoms with Crippen LogP contribution < -0.4 is 15.6 Å². The minimum Gasteiger partial charge on any atom is -0.487 e. The Morgan fingerprint density at radius 2 is 1.96 bits per heavy atom. The highest BCUT2D eigenvalue weighted by Crippen LogP contribution is 2.16. The summed E-state index contributed by atoms with van der Waals surface area (Å²) in [4.78, 5) is 31.9. The lowest BCUT2D eigenvalue weighted by atomic mass is 10.2. The highest BCUT2D eigenvalue weighted by atomic mass is 32.1. The van der Waals surface area contributed by atoms with Crippen molar-refractivity contribution in [3.05, 3.63) is 82.1 Å². The zero-order valence-corrected chi connectivity index (χ0v) is 15.9. The molecule has 2 amide bonds. The lowest BCUT2D eigenvalue weighted by Gasteiger charge is -2.05. The third-order valence-electron chi connectivity index (χ3n) is 3.56. The van der Waals surface area contributed by atoms with Crippen LogP contribution in [0, 0.1) is 6.92 Å². The predicted octanol–water partition coefficient (Wildman–Crippen LogP) is 2.90. The molecule has 28 heavy (non-hydrogen) atoms. The second-order valence-corrected chi connectivity index (χ2v) is 6.77. The number of carbonyl (C=O) groups is 2. The van der Waals surface area contributed by atoms with Gasteiger partial charge in [0.2, 0.25) is 0 Å². The number of nitrogens with one attached hydrogen (secondary N) is 2. The minimum absolute atomic E-state index is 0.218. The summed E-state index contributed by atoms with van der Waals surface area (Å²) in [7, 11) is 0. The molecular formula is C20H18N4O3S. The summed E-state index contributed by atoms with van der Waals surface area (Å²) < 4.78 is 5.68. The van der Waals surface area contributed by atoms with Crippen LogP contribution in [-0.2, 0) is 11.4 Å². The topological polar surface area (TPSA) is 93.2 Å². The van der Waals surface area contributed by atoms with Crippen LogP contribution in [0.1, 0.15) is 26.8 Å². The molecule has 0 saturated carbocycles. The minimum atomic E-state index is -0.487. The van der Waals surface area contributed by atoms with Crippen molar-refractivity contribution < 1.29 is 14.3 Å². The standard InChI is InChI=1S/C20H18N4O3S/c1-14-22-16(13-28-14)12-27-17-8-5-15(6-9-17)7-10-19(25)23-24-20(26)18-4-2-3-11-21-18/h2-11,13H,12H2,1H3,(H,23,25)(H,24,26)/b10-7+. The van der Waals surface area contributed by atoms with Crippen LogP contribution in [0.2, 0.25) is 0 Å². The first-order valence-electron chi connectivity index (χ1n) is 8.43. The van der Waals surface area contributed by atoms with Crippen molar-refractivity contribution in [1.82, 2.24) is 20.8 Å². The Morgan fingerprint density at radius 3 is 2.64 bits per heavy atom. The molecule has 0 fully saturated rings. The SMILES string of the molecule is Cc1nc(COc2ccc(/C=C/C(=O)NNC(=O)c3ccccn3)cc2)cs1. The molecule has 0 bridgehead atoms. The molecule has 3 rings (SSSR count). The number of aromatic nitrogens is 2. The fourth-order valence-corrected chi connectivity index (χ4v) is 2.80. The van der Waals surface area contributed by atoms with E-state index in [1.54, 1.807) is 35.6 Å². The van der Waals surface area contributed by atoms with Gasteiger partial charge in [0, 0.05) is 17.7 Å². The largest absolute Gasteiger partial charge is 0.487 e. The number of ether oxygens (including phenoxy) is 1. The molecule has 0 aliphatic rings. The van der Waals surface area contributed by atoms with Crippen LogP contribution in [0.15, 0.2) is 60.1 Å². The first-order valence-corrected chi connectivity index (χ1v) is 9.31. The molecule has 2 heterocycles. The summed E-state index contributed by atoms with van der Waals surface area (Å²) in [6, 6.07) is 12.2. The average molecular weight is 394 g/mol. The fraction of sp³-hybridized carbons (Fsp3) is 0.100. The number of thiazole rings is 1. The van der Waals surface area contributed by atoms with Crippen molar-refractivity contribution in [2.75, 3.05) is 0 Å². The Bertz CT molecular complexity index is 969. The van der Waals surface area contributed by atoms with Gasteiger partial charge >= 0.3 is 0 Å². The van der Waals surface area contributed by atoms with Crippen LogP contribution in [0.4, 0.5) is 0 Å². The average Bonchev–Trinajstić information content (AvgIpc) is 3.15. The van der Waals surface area contributed by atoms with Crippen LogP contribution in [0.5, 0.6) is 5.75 Å². The molecule has 7 nitrogen and oxygen atoms in total. The molecule has 8 heteroatoms. The maximum atomic E-state index is 11.8. The summed E-state index contributed by atoms with van der Waals surface area (Å²) >= 11 is 1.59. The second kappa shape index (κ2) is 9.43. The first kappa shape index (κ1) is 19.2. The molecule has 2 aromatic heterocycles. The van der Waals surface area contributed by atoms with Crippen LogP contribution in [0.3, 0.4) is 0 Å². The van der Waals surface area contributed by atoms with Crippen molar-refractivity contribution in [3.63, 3.8) is 0 Å². The number of hydrogen-bond acceptors (Lipinski definition) is 6. The first-order chi connectivity index (χ1) is 13.6. The number of carbonyl (C=O) groups excluding carboxylic acids is 2. The van der Waals surface area contributed by atoms with E-state index in [9.17, 15) is 9.59 Å². The molecular weight excluding hydrogens is 376 g/mol. The number of amides is 2. The summed E-state index contributed by atoms with van der Waals surface area (Å²) in [6.07, 6.45) is 4.46. The van der Waals surface area contributed by atoms with Gasteiger partial charge in [0.15, 0.2) is 0 Å². The highest BCUT2D eigenvalue weighted by molar-refractivity contribution is 7.09. The highest BCUT2D eigenvalue weighted by Gasteiger charge is 2.06. The smallest absolute Gasteiger partial charge is 0.288 e. The number of nitrogens with zero attached hydrogens (tertiary/aromatic N) is 2. The van der Waals surface area contributed by atoms with Gasteiger partial charge < -0.3 is 4.74 Å². The predicted molar refractivity (Wildman–Crippen MR) is 107 cm³/mol. The summed E-state index contributed by atoms with van der Waals surface area (Å²) in [5.74, 6) is -0.224. The Morgan fingerprint density at radius 1 is 1.14 bits per heavy atom. The normalized spacial score (nSPS) is 10.6. The Kier molecular flexibility index (Phi) is 6.48. The zero-order valence-electron chi connectivity index (χ0n) is 15.1.